The van der Waals surface area contributed by atoms with E-state index in [4.69, 9.17) is 0 Å². The minimum atomic E-state index is 1.15. The highest BCUT2D eigenvalue weighted by atomic mass is 15.1. The zero-order valence-corrected chi connectivity index (χ0v) is 27.7. The third kappa shape index (κ3) is 17.9. The molecule has 0 radical (unpaired) electrons. The average Bonchev–Trinajstić information content (AvgIpc) is 3.40. The lowest BCUT2D eigenvalue weighted by atomic mass is 10.0. The quantitative estimate of drug-likeness (QED) is 0.0685. The van der Waals surface area contributed by atoms with Gasteiger partial charge in [-0.3, -0.25) is 0 Å². The second-order valence-corrected chi connectivity index (χ2v) is 12.9. The number of rotatable bonds is 29. The molecule has 1 aromatic heterocycles. The van der Waals surface area contributed by atoms with Crippen LogP contribution in [0.15, 0.2) is 42.7 Å². The van der Waals surface area contributed by atoms with Crippen LogP contribution in [-0.2, 0) is 13.1 Å². The largest absolute Gasteiger partial charge is 0.288 e. The van der Waals surface area contributed by atoms with Crippen LogP contribution in [0, 0.1) is 0 Å². The Morgan fingerprint density at radius 1 is 0.463 bits per heavy atom. The first-order valence-electron chi connectivity index (χ1n) is 18.5. The highest BCUT2D eigenvalue weighted by molar-refractivity contribution is 5.52. The van der Waals surface area contributed by atoms with Gasteiger partial charge in [0.05, 0.1) is 18.7 Å². The summed E-state index contributed by atoms with van der Waals surface area (Å²) in [6.07, 6.45) is 41.5. The molecule has 0 atom stereocenters. The Bertz CT molecular complexity index is 761. The Balaban J connectivity index is 1.58. The third-order valence-corrected chi connectivity index (χ3v) is 9.01. The molecule has 0 spiro atoms. The Morgan fingerprint density at radius 2 is 0.854 bits per heavy atom. The molecule has 0 saturated heterocycles. The van der Waals surface area contributed by atoms with Crippen molar-refractivity contribution < 1.29 is 4.57 Å². The summed E-state index contributed by atoms with van der Waals surface area (Å²) in [5, 5.41) is 0. The number of hydrogen-bond acceptors (Lipinski definition) is 0. The first-order valence-corrected chi connectivity index (χ1v) is 18.5. The maximum Gasteiger partial charge on any atom is 0.288 e. The molecule has 41 heavy (non-hydrogen) atoms. The number of imidazole rings is 1. The summed E-state index contributed by atoms with van der Waals surface area (Å²) in [5.74, 6) is 1.41. The molecule has 0 amide bonds. The molecule has 0 saturated carbocycles. The van der Waals surface area contributed by atoms with Gasteiger partial charge in [0.2, 0.25) is 0 Å². The van der Waals surface area contributed by atoms with Gasteiger partial charge in [-0.05, 0) is 37.8 Å². The van der Waals surface area contributed by atoms with Crippen molar-refractivity contribution in [2.24, 2.45) is 0 Å². The van der Waals surface area contributed by atoms with Crippen molar-refractivity contribution in [2.75, 3.05) is 0 Å². The maximum absolute atomic E-state index is 2.52. The number of nitrogens with zero attached hydrogens (tertiary/aromatic N) is 2. The van der Waals surface area contributed by atoms with Crippen LogP contribution in [-0.4, -0.2) is 4.57 Å². The van der Waals surface area contributed by atoms with Gasteiger partial charge < -0.3 is 0 Å². The van der Waals surface area contributed by atoms with E-state index in [-0.39, 0.29) is 0 Å². The van der Waals surface area contributed by atoms with Crippen molar-refractivity contribution in [3.8, 4) is 11.4 Å². The molecular weight excluding hydrogens is 496 g/mol. The minimum Gasteiger partial charge on any atom is -0.230 e. The van der Waals surface area contributed by atoms with E-state index in [0.717, 1.165) is 13.1 Å². The Morgan fingerprint density at radius 3 is 1.29 bits per heavy atom. The summed E-state index contributed by atoms with van der Waals surface area (Å²) in [5.41, 5.74) is 1.36. The molecule has 234 valence electrons. The smallest absolute Gasteiger partial charge is 0.230 e. The molecule has 2 heteroatoms. The van der Waals surface area contributed by atoms with Crippen LogP contribution in [0.25, 0.3) is 11.4 Å². The maximum atomic E-state index is 2.52. The van der Waals surface area contributed by atoms with Crippen LogP contribution in [0.4, 0.5) is 0 Å². The van der Waals surface area contributed by atoms with Crippen molar-refractivity contribution in [1.82, 2.24) is 4.57 Å². The molecule has 1 heterocycles. The van der Waals surface area contributed by atoms with Crippen molar-refractivity contribution >= 4 is 0 Å². The van der Waals surface area contributed by atoms with Gasteiger partial charge in [0.15, 0.2) is 0 Å². The molecule has 0 N–H and O–H groups in total. The van der Waals surface area contributed by atoms with Gasteiger partial charge in [0.1, 0.15) is 12.4 Å². The summed E-state index contributed by atoms with van der Waals surface area (Å²) in [6.45, 7) is 6.90. The molecule has 0 aliphatic rings. The third-order valence-electron chi connectivity index (χ3n) is 9.01. The zero-order valence-electron chi connectivity index (χ0n) is 27.7. The lowest BCUT2D eigenvalue weighted by molar-refractivity contribution is -0.686. The Hall–Kier alpha value is -1.57. The fourth-order valence-corrected chi connectivity index (χ4v) is 6.35. The van der Waals surface area contributed by atoms with Crippen molar-refractivity contribution in [3.05, 3.63) is 42.7 Å². The van der Waals surface area contributed by atoms with Gasteiger partial charge in [-0.1, -0.05) is 173 Å². The first kappa shape index (κ1) is 35.6. The first-order chi connectivity index (χ1) is 20.4. The van der Waals surface area contributed by atoms with Gasteiger partial charge in [-0.2, -0.15) is 0 Å². The Kier molecular flexibility index (Phi) is 22.7. The van der Waals surface area contributed by atoms with Crippen molar-refractivity contribution in [1.29, 1.82) is 0 Å². The molecule has 2 nitrogen and oxygen atoms in total. The van der Waals surface area contributed by atoms with E-state index >= 15 is 0 Å². The van der Waals surface area contributed by atoms with Gasteiger partial charge in [0, 0.05) is 0 Å². The predicted molar refractivity (Wildman–Crippen MR) is 181 cm³/mol. The fraction of sp³-hybridized carbons (Fsp3) is 0.769. The van der Waals surface area contributed by atoms with Crippen LogP contribution >= 0.6 is 0 Å². The minimum absolute atomic E-state index is 1.15. The van der Waals surface area contributed by atoms with E-state index in [1.807, 2.05) is 0 Å². The average molecular weight is 566 g/mol. The number of aryl methyl sites for hydroxylation is 2. The van der Waals surface area contributed by atoms with Gasteiger partial charge >= 0.3 is 0 Å². The highest BCUT2D eigenvalue weighted by Gasteiger charge is 2.18. The van der Waals surface area contributed by atoms with E-state index in [1.54, 1.807) is 0 Å². The second kappa shape index (κ2) is 26.1. The molecule has 0 aliphatic heterocycles. The van der Waals surface area contributed by atoms with Crippen molar-refractivity contribution in [3.63, 3.8) is 0 Å². The molecule has 2 aromatic rings. The summed E-state index contributed by atoms with van der Waals surface area (Å²) in [4.78, 5) is 0. The molecule has 0 fully saturated rings. The fourth-order valence-electron chi connectivity index (χ4n) is 6.35. The standard InChI is InChI=1S/C39H69N2/c1-3-5-7-9-11-13-15-17-19-21-23-25-30-34-40-36-37-41(39(40)38-32-28-27-29-33-38)35-31-26-24-22-20-18-16-14-12-10-8-6-4-2/h27-29,32-33,36-37H,3-26,30-31,34-35H2,1-2H3/q+1. The van der Waals surface area contributed by atoms with E-state index in [2.05, 4.69) is 65.7 Å². The van der Waals surface area contributed by atoms with Crippen LogP contribution in [0.3, 0.4) is 0 Å². The molecule has 0 unspecified atom stereocenters. The lowest BCUT2D eigenvalue weighted by Crippen LogP contribution is -2.34. The van der Waals surface area contributed by atoms with Crippen LogP contribution in [0.5, 0.6) is 0 Å². The normalized spacial score (nSPS) is 11.5. The molecular formula is C39H69N2+. The zero-order chi connectivity index (χ0) is 29.1. The summed E-state index contributed by atoms with van der Waals surface area (Å²) < 4.78 is 5.05. The van der Waals surface area contributed by atoms with Crippen molar-refractivity contribution in [2.45, 2.75) is 194 Å². The Labute approximate surface area is 256 Å². The van der Waals surface area contributed by atoms with E-state index < -0.39 is 0 Å². The van der Waals surface area contributed by atoms with Crippen LogP contribution in [0.2, 0.25) is 0 Å². The second-order valence-electron chi connectivity index (χ2n) is 12.9. The van der Waals surface area contributed by atoms with Crippen LogP contribution in [0.1, 0.15) is 181 Å². The van der Waals surface area contributed by atoms with Gasteiger partial charge in [0.25, 0.3) is 5.82 Å². The summed E-state index contributed by atoms with van der Waals surface area (Å²) in [6, 6.07) is 11.1. The van der Waals surface area contributed by atoms with Crippen LogP contribution < -0.4 is 4.57 Å². The number of benzene rings is 1. The van der Waals surface area contributed by atoms with Gasteiger partial charge in [-0.15, -0.1) is 0 Å². The monoisotopic (exact) mass is 566 g/mol. The number of hydrogen-bond donors (Lipinski definition) is 0. The summed E-state index contributed by atoms with van der Waals surface area (Å²) >= 11 is 0. The molecule has 2 rings (SSSR count). The lowest BCUT2D eigenvalue weighted by Gasteiger charge is -2.07. The molecule has 1 aromatic carbocycles. The highest BCUT2D eigenvalue weighted by Crippen LogP contribution is 2.19. The predicted octanol–water partition coefficient (Wildman–Crippen LogP) is 12.6. The van der Waals surface area contributed by atoms with E-state index in [1.165, 1.54) is 178 Å². The SMILES string of the molecule is CCCCCCCCCCCCCCCn1cc[n+](CCCCCCCCCCCCCCC)c1-c1ccccc1. The van der Waals surface area contributed by atoms with Gasteiger partial charge in [-0.25, -0.2) is 9.13 Å². The molecule has 0 bridgehead atoms. The van der Waals surface area contributed by atoms with E-state index in [9.17, 15) is 0 Å². The topological polar surface area (TPSA) is 8.81 Å². The number of aromatic nitrogens is 2. The number of unbranched alkanes of at least 4 members (excludes halogenated alkanes) is 24. The van der Waals surface area contributed by atoms with E-state index in [0.29, 0.717) is 0 Å². The summed E-state index contributed by atoms with van der Waals surface area (Å²) in [7, 11) is 0. The molecule has 0 aliphatic carbocycles.